The molecule has 0 amide bonds. The van der Waals surface area contributed by atoms with E-state index in [0.717, 1.165) is 50.3 Å². The van der Waals surface area contributed by atoms with Crippen molar-refractivity contribution in [1.82, 2.24) is 14.9 Å². The quantitative estimate of drug-likeness (QED) is 0.797. The summed E-state index contributed by atoms with van der Waals surface area (Å²) in [7, 11) is 0. The van der Waals surface area contributed by atoms with Gasteiger partial charge in [0.2, 0.25) is 0 Å². The summed E-state index contributed by atoms with van der Waals surface area (Å²) in [5, 5.41) is 0. The number of hydrogen-bond donors (Lipinski definition) is 0. The SMILES string of the molecule is O=Cc1ccc(N2CCN(Cc3cnccn3)CC2)cc1. The Morgan fingerprint density at radius 1 is 1.05 bits per heavy atom. The Morgan fingerprint density at radius 2 is 1.81 bits per heavy atom. The second-order valence-corrected chi connectivity index (χ2v) is 5.17. The molecule has 0 bridgehead atoms. The van der Waals surface area contributed by atoms with Crippen molar-refractivity contribution in [2.75, 3.05) is 31.1 Å². The molecule has 1 aliphatic heterocycles. The topological polar surface area (TPSA) is 49.3 Å². The van der Waals surface area contributed by atoms with E-state index >= 15 is 0 Å². The number of benzene rings is 1. The zero-order chi connectivity index (χ0) is 14.5. The number of aromatic nitrogens is 2. The third-order valence-corrected chi connectivity index (χ3v) is 3.77. The van der Waals surface area contributed by atoms with Crippen molar-refractivity contribution in [2.24, 2.45) is 0 Å². The molecule has 1 saturated heterocycles. The molecule has 108 valence electrons. The standard InChI is InChI=1S/C16H18N4O/c21-13-14-1-3-16(4-2-14)20-9-7-19(8-10-20)12-15-11-17-5-6-18-15/h1-6,11,13H,7-10,12H2. The van der Waals surface area contributed by atoms with E-state index in [1.165, 1.54) is 5.69 Å². The first-order valence-corrected chi connectivity index (χ1v) is 7.12. The van der Waals surface area contributed by atoms with Crippen molar-refractivity contribution in [3.05, 3.63) is 54.1 Å². The molecule has 0 unspecified atom stereocenters. The minimum Gasteiger partial charge on any atom is -0.369 e. The molecule has 2 heterocycles. The highest BCUT2D eigenvalue weighted by atomic mass is 16.1. The summed E-state index contributed by atoms with van der Waals surface area (Å²) in [5.41, 5.74) is 2.92. The molecule has 0 saturated carbocycles. The normalized spacial score (nSPS) is 15.9. The number of carbonyl (C=O) groups excluding carboxylic acids is 1. The van der Waals surface area contributed by atoms with Crippen molar-refractivity contribution in [3.8, 4) is 0 Å². The number of piperazine rings is 1. The van der Waals surface area contributed by atoms with Crippen LogP contribution in [-0.2, 0) is 6.54 Å². The first-order valence-electron chi connectivity index (χ1n) is 7.12. The van der Waals surface area contributed by atoms with Gasteiger partial charge in [0.05, 0.1) is 5.69 Å². The van der Waals surface area contributed by atoms with Gasteiger partial charge in [0.25, 0.3) is 0 Å². The molecule has 0 atom stereocenters. The highest BCUT2D eigenvalue weighted by Gasteiger charge is 2.17. The van der Waals surface area contributed by atoms with Crippen LogP contribution in [0.2, 0.25) is 0 Å². The van der Waals surface area contributed by atoms with E-state index in [2.05, 4.69) is 19.8 Å². The van der Waals surface area contributed by atoms with E-state index in [0.29, 0.717) is 0 Å². The highest BCUT2D eigenvalue weighted by Crippen LogP contribution is 2.17. The van der Waals surface area contributed by atoms with Crippen molar-refractivity contribution in [2.45, 2.75) is 6.54 Å². The van der Waals surface area contributed by atoms with Gasteiger partial charge in [-0.1, -0.05) is 0 Å². The molecule has 5 heteroatoms. The molecule has 1 aliphatic rings. The van der Waals surface area contributed by atoms with Gasteiger partial charge in [0.15, 0.2) is 0 Å². The third kappa shape index (κ3) is 3.44. The maximum absolute atomic E-state index is 10.7. The van der Waals surface area contributed by atoms with E-state index in [1.54, 1.807) is 12.4 Å². The first-order chi connectivity index (χ1) is 10.3. The summed E-state index contributed by atoms with van der Waals surface area (Å²) in [6.07, 6.45) is 6.14. The van der Waals surface area contributed by atoms with Crippen molar-refractivity contribution >= 4 is 12.0 Å². The van der Waals surface area contributed by atoms with Gasteiger partial charge in [-0.05, 0) is 24.3 Å². The van der Waals surface area contributed by atoms with Crippen LogP contribution in [0.25, 0.3) is 0 Å². The second-order valence-electron chi connectivity index (χ2n) is 5.17. The molecular weight excluding hydrogens is 264 g/mol. The van der Waals surface area contributed by atoms with Crippen LogP contribution in [0.5, 0.6) is 0 Å². The lowest BCUT2D eigenvalue weighted by Gasteiger charge is -2.35. The predicted octanol–water partition coefficient (Wildman–Crippen LogP) is 1.61. The lowest BCUT2D eigenvalue weighted by molar-refractivity contribution is 0.112. The molecule has 2 aromatic rings. The van der Waals surface area contributed by atoms with Crippen molar-refractivity contribution in [1.29, 1.82) is 0 Å². The van der Waals surface area contributed by atoms with Crippen LogP contribution in [0.15, 0.2) is 42.9 Å². The minimum atomic E-state index is 0.722. The number of nitrogens with zero attached hydrogens (tertiary/aromatic N) is 4. The second kappa shape index (κ2) is 6.45. The van der Waals surface area contributed by atoms with Crippen LogP contribution in [0.3, 0.4) is 0 Å². The number of carbonyl (C=O) groups is 1. The Balaban J connectivity index is 1.56. The average Bonchev–Trinajstić information content (AvgIpc) is 2.57. The lowest BCUT2D eigenvalue weighted by atomic mass is 10.2. The number of anilines is 1. The van der Waals surface area contributed by atoms with Gasteiger partial charge < -0.3 is 4.90 Å². The maximum atomic E-state index is 10.7. The van der Waals surface area contributed by atoms with E-state index < -0.39 is 0 Å². The fourth-order valence-corrected chi connectivity index (χ4v) is 2.57. The average molecular weight is 282 g/mol. The number of rotatable bonds is 4. The van der Waals surface area contributed by atoms with Gasteiger partial charge in [-0.15, -0.1) is 0 Å². The maximum Gasteiger partial charge on any atom is 0.150 e. The molecule has 0 N–H and O–H groups in total. The van der Waals surface area contributed by atoms with Gasteiger partial charge in [-0.2, -0.15) is 0 Å². The summed E-state index contributed by atoms with van der Waals surface area (Å²) in [4.78, 5) is 23.8. The summed E-state index contributed by atoms with van der Waals surface area (Å²) in [5.74, 6) is 0. The Morgan fingerprint density at radius 3 is 2.43 bits per heavy atom. The molecular formula is C16H18N4O. The molecule has 3 rings (SSSR count). The zero-order valence-electron chi connectivity index (χ0n) is 11.9. The van der Waals surface area contributed by atoms with Crippen LogP contribution in [0.4, 0.5) is 5.69 Å². The van der Waals surface area contributed by atoms with Crippen LogP contribution < -0.4 is 4.90 Å². The Hall–Kier alpha value is -2.27. The highest BCUT2D eigenvalue weighted by molar-refractivity contribution is 5.75. The minimum absolute atomic E-state index is 0.722. The molecule has 1 aromatic heterocycles. The third-order valence-electron chi connectivity index (χ3n) is 3.77. The molecule has 0 spiro atoms. The Bertz CT molecular complexity index is 577. The van der Waals surface area contributed by atoms with Gasteiger partial charge in [0, 0.05) is 62.6 Å². The summed E-state index contributed by atoms with van der Waals surface area (Å²) in [6.45, 7) is 4.84. The van der Waals surface area contributed by atoms with Crippen LogP contribution in [0, 0.1) is 0 Å². The fourth-order valence-electron chi connectivity index (χ4n) is 2.57. The lowest BCUT2D eigenvalue weighted by Crippen LogP contribution is -2.46. The summed E-state index contributed by atoms with van der Waals surface area (Å²) >= 11 is 0. The molecule has 1 fully saturated rings. The number of aldehydes is 1. The van der Waals surface area contributed by atoms with Gasteiger partial charge in [-0.25, -0.2) is 0 Å². The van der Waals surface area contributed by atoms with E-state index in [-0.39, 0.29) is 0 Å². The van der Waals surface area contributed by atoms with Crippen LogP contribution >= 0.6 is 0 Å². The molecule has 0 aliphatic carbocycles. The van der Waals surface area contributed by atoms with Gasteiger partial charge in [0.1, 0.15) is 6.29 Å². The molecule has 0 radical (unpaired) electrons. The Kier molecular flexibility index (Phi) is 4.21. The van der Waals surface area contributed by atoms with E-state index in [1.807, 2.05) is 30.5 Å². The van der Waals surface area contributed by atoms with Gasteiger partial charge in [-0.3, -0.25) is 19.7 Å². The monoisotopic (exact) mass is 282 g/mol. The van der Waals surface area contributed by atoms with E-state index in [4.69, 9.17) is 0 Å². The Labute approximate surface area is 124 Å². The van der Waals surface area contributed by atoms with Crippen LogP contribution in [0.1, 0.15) is 16.1 Å². The van der Waals surface area contributed by atoms with E-state index in [9.17, 15) is 4.79 Å². The van der Waals surface area contributed by atoms with Crippen molar-refractivity contribution in [3.63, 3.8) is 0 Å². The summed E-state index contributed by atoms with van der Waals surface area (Å²) < 4.78 is 0. The fraction of sp³-hybridized carbons (Fsp3) is 0.312. The molecule has 21 heavy (non-hydrogen) atoms. The predicted molar refractivity (Wildman–Crippen MR) is 81.4 cm³/mol. The van der Waals surface area contributed by atoms with Crippen molar-refractivity contribution < 1.29 is 4.79 Å². The van der Waals surface area contributed by atoms with Crippen LogP contribution in [-0.4, -0.2) is 47.3 Å². The molecule has 5 nitrogen and oxygen atoms in total. The molecule has 1 aromatic carbocycles. The largest absolute Gasteiger partial charge is 0.369 e. The van der Waals surface area contributed by atoms with Gasteiger partial charge >= 0.3 is 0 Å². The first kappa shape index (κ1) is 13.7. The summed E-state index contributed by atoms with van der Waals surface area (Å²) in [6, 6.07) is 7.77. The number of hydrogen-bond acceptors (Lipinski definition) is 5. The zero-order valence-corrected chi connectivity index (χ0v) is 11.9. The smallest absolute Gasteiger partial charge is 0.150 e.